The maximum Gasteiger partial charge on any atom is 0.0928 e. The van der Waals surface area contributed by atoms with Gasteiger partial charge in [0.1, 0.15) is 0 Å². The highest BCUT2D eigenvalue weighted by atomic mass is 35.5. The van der Waals surface area contributed by atoms with Crippen molar-refractivity contribution >= 4 is 22.9 Å². The van der Waals surface area contributed by atoms with Crippen molar-refractivity contribution in [3.05, 3.63) is 52.5 Å². The van der Waals surface area contributed by atoms with Gasteiger partial charge in [-0.15, -0.1) is 22.9 Å². The summed E-state index contributed by atoms with van der Waals surface area (Å²) in [4.78, 5) is 4.29. The Balaban J connectivity index is 2.02. The lowest BCUT2D eigenvalue weighted by molar-refractivity contribution is 0.557. The molecule has 0 saturated heterocycles. The van der Waals surface area contributed by atoms with Crippen molar-refractivity contribution in [2.45, 2.75) is 18.7 Å². The molecule has 0 amide bonds. The molecule has 1 heterocycles. The van der Waals surface area contributed by atoms with Gasteiger partial charge in [-0.3, -0.25) is 0 Å². The topological polar surface area (TPSA) is 12.9 Å². The molecule has 0 aliphatic heterocycles. The minimum atomic E-state index is 0.0603. The molecule has 0 radical (unpaired) electrons. The number of hydrogen-bond donors (Lipinski definition) is 0. The van der Waals surface area contributed by atoms with Crippen LogP contribution < -0.4 is 0 Å². The van der Waals surface area contributed by atoms with E-state index in [0.29, 0.717) is 5.92 Å². The van der Waals surface area contributed by atoms with E-state index in [4.69, 9.17) is 11.6 Å². The van der Waals surface area contributed by atoms with Crippen LogP contribution in [0.3, 0.4) is 0 Å². The third-order valence-corrected chi connectivity index (χ3v) is 4.08. The van der Waals surface area contributed by atoms with E-state index in [-0.39, 0.29) is 5.38 Å². The molecule has 2 aromatic rings. The molecule has 1 aromatic heterocycles. The van der Waals surface area contributed by atoms with Crippen LogP contribution in [0.15, 0.2) is 41.9 Å². The Morgan fingerprint density at radius 3 is 2.69 bits per heavy atom. The van der Waals surface area contributed by atoms with Crippen molar-refractivity contribution < 1.29 is 0 Å². The van der Waals surface area contributed by atoms with Crippen molar-refractivity contribution in [3.63, 3.8) is 0 Å². The summed E-state index contributed by atoms with van der Waals surface area (Å²) in [7, 11) is 0. The smallest absolute Gasteiger partial charge is 0.0928 e. The van der Waals surface area contributed by atoms with Crippen molar-refractivity contribution in [3.8, 4) is 0 Å². The molecule has 2 atom stereocenters. The Kier molecular flexibility index (Phi) is 3.97. The van der Waals surface area contributed by atoms with Crippen LogP contribution in [0.5, 0.6) is 0 Å². The molecule has 0 N–H and O–H groups in total. The second-order valence-corrected chi connectivity index (χ2v) is 5.37. The highest BCUT2D eigenvalue weighted by molar-refractivity contribution is 7.09. The molecule has 0 saturated carbocycles. The van der Waals surface area contributed by atoms with E-state index in [1.54, 1.807) is 11.3 Å². The van der Waals surface area contributed by atoms with E-state index in [0.717, 1.165) is 11.4 Å². The van der Waals surface area contributed by atoms with E-state index < -0.39 is 0 Å². The molecule has 1 nitrogen and oxygen atoms in total. The minimum absolute atomic E-state index is 0.0603. The summed E-state index contributed by atoms with van der Waals surface area (Å²) in [5.41, 5.74) is 1.19. The van der Waals surface area contributed by atoms with Crippen molar-refractivity contribution in [1.29, 1.82) is 0 Å². The van der Waals surface area contributed by atoms with Crippen LogP contribution in [-0.4, -0.2) is 4.98 Å². The first-order valence-electron chi connectivity index (χ1n) is 5.35. The minimum Gasteiger partial charge on any atom is -0.250 e. The number of aromatic nitrogens is 1. The summed E-state index contributed by atoms with van der Waals surface area (Å²) < 4.78 is 0. The van der Waals surface area contributed by atoms with Gasteiger partial charge < -0.3 is 0 Å². The molecule has 2 unspecified atom stereocenters. The molecule has 2 rings (SSSR count). The molecule has 84 valence electrons. The van der Waals surface area contributed by atoms with Gasteiger partial charge in [-0.05, 0) is 11.5 Å². The largest absolute Gasteiger partial charge is 0.250 e. The Hall–Kier alpha value is -0.860. The first-order valence-corrected chi connectivity index (χ1v) is 6.66. The SMILES string of the molecule is CC(Cc1nccs1)C(Cl)c1ccccc1. The van der Waals surface area contributed by atoms with E-state index in [2.05, 4.69) is 24.0 Å². The molecule has 16 heavy (non-hydrogen) atoms. The number of hydrogen-bond acceptors (Lipinski definition) is 2. The molecule has 1 aromatic carbocycles. The Labute approximate surface area is 105 Å². The number of halogens is 1. The quantitative estimate of drug-likeness (QED) is 0.739. The maximum atomic E-state index is 6.45. The molecular formula is C13H14ClNS. The van der Waals surface area contributed by atoms with E-state index >= 15 is 0 Å². The number of benzene rings is 1. The third kappa shape index (κ3) is 2.83. The van der Waals surface area contributed by atoms with Crippen molar-refractivity contribution in [1.82, 2.24) is 4.98 Å². The van der Waals surface area contributed by atoms with E-state index in [1.165, 1.54) is 5.56 Å². The zero-order valence-corrected chi connectivity index (χ0v) is 10.7. The predicted octanol–water partition coefficient (Wildman–Crippen LogP) is 4.30. The summed E-state index contributed by atoms with van der Waals surface area (Å²) in [5, 5.41) is 3.23. The standard InChI is InChI=1S/C13H14ClNS/c1-10(9-12-15-7-8-16-12)13(14)11-5-3-2-4-6-11/h2-8,10,13H,9H2,1H3. The van der Waals surface area contributed by atoms with Crippen LogP contribution in [0, 0.1) is 5.92 Å². The Bertz CT molecular complexity index is 413. The van der Waals surface area contributed by atoms with Crippen LogP contribution >= 0.6 is 22.9 Å². The fourth-order valence-corrected chi connectivity index (χ4v) is 2.69. The van der Waals surface area contributed by atoms with Crippen LogP contribution in [0.2, 0.25) is 0 Å². The lowest BCUT2D eigenvalue weighted by Gasteiger charge is -2.17. The van der Waals surface area contributed by atoms with Crippen LogP contribution in [0.4, 0.5) is 0 Å². The summed E-state index contributed by atoms with van der Waals surface area (Å²) in [6.07, 6.45) is 2.79. The molecule has 0 fully saturated rings. The zero-order chi connectivity index (χ0) is 11.4. The molecule has 3 heteroatoms. The van der Waals surface area contributed by atoms with Gasteiger partial charge in [0.05, 0.1) is 10.4 Å². The second-order valence-electron chi connectivity index (χ2n) is 3.92. The van der Waals surface area contributed by atoms with Gasteiger partial charge in [-0.1, -0.05) is 37.3 Å². The number of nitrogens with zero attached hydrogens (tertiary/aromatic N) is 1. The fourth-order valence-electron chi connectivity index (χ4n) is 1.70. The average Bonchev–Trinajstić information content (AvgIpc) is 2.82. The average molecular weight is 252 g/mol. The van der Waals surface area contributed by atoms with Gasteiger partial charge >= 0.3 is 0 Å². The number of thiazole rings is 1. The van der Waals surface area contributed by atoms with E-state index in [9.17, 15) is 0 Å². The number of rotatable bonds is 4. The van der Waals surface area contributed by atoms with Crippen molar-refractivity contribution in [2.24, 2.45) is 5.92 Å². The zero-order valence-electron chi connectivity index (χ0n) is 9.14. The molecule has 0 aliphatic carbocycles. The Morgan fingerprint density at radius 1 is 1.31 bits per heavy atom. The first kappa shape index (κ1) is 11.6. The summed E-state index contributed by atoms with van der Waals surface area (Å²) in [6, 6.07) is 10.2. The van der Waals surface area contributed by atoms with Crippen molar-refractivity contribution in [2.75, 3.05) is 0 Å². The first-order chi connectivity index (χ1) is 7.77. The summed E-state index contributed by atoms with van der Waals surface area (Å²) in [5.74, 6) is 0.398. The van der Waals surface area contributed by atoms with E-state index in [1.807, 2.05) is 29.8 Å². The summed E-state index contributed by atoms with van der Waals surface area (Å²) in [6.45, 7) is 2.17. The normalized spacial score (nSPS) is 14.6. The molecule has 0 spiro atoms. The van der Waals surface area contributed by atoms with Gasteiger partial charge in [-0.25, -0.2) is 4.98 Å². The van der Waals surface area contributed by atoms with Gasteiger partial charge in [0, 0.05) is 18.0 Å². The second kappa shape index (κ2) is 5.46. The maximum absolute atomic E-state index is 6.45. The monoisotopic (exact) mass is 251 g/mol. The fraction of sp³-hybridized carbons (Fsp3) is 0.308. The van der Waals surface area contributed by atoms with Crippen LogP contribution in [0.25, 0.3) is 0 Å². The highest BCUT2D eigenvalue weighted by Crippen LogP contribution is 2.31. The predicted molar refractivity (Wildman–Crippen MR) is 70.0 cm³/mol. The van der Waals surface area contributed by atoms with Crippen LogP contribution in [0.1, 0.15) is 22.9 Å². The summed E-state index contributed by atoms with van der Waals surface area (Å²) >= 11 is 8.14. The molecular weight excluding hydrogens is 238 g/mol. The van der Waals surface area contributed by atoms with Gasteiger partial charge in [0.2, 0.25) is 0 Å². The van der Waals surface area contributed by atoms with Gasteiger partial charge in [-0.2, -0.15) is 0 Å². The molecule has 0 bridgehead atoms. The highest BCUT2D eigenvalue weighted by Gasteiger charge is 2.17. The number of alkyl halides is 1. The van der Waals surface area contributed by atoms with Gasteiger partial charge in [0.15, 0.2) is 0 Å². The van der Waals surface area contributed by atoms with Crippen LogP contribution in [-0.2, 0) is 6.42 Å². The van der Waals surface area contributed by atoms with Gasteiger partial charge in [0.25, 0.3) is 0 Å². The third-order valence-electron chi connectivity index (χ3n) is 2.60. The lowest BCUT2D eigenvalue weighted by Crippen LogP contribution is -2.07. The lowest BCUT2D eigenvalue weighted by atomic mass is 9.98. The Morgan fingerprint density at radius 2 is 2.06 bits per heavy atom. The molecule has 0 aliphatic rings.